The number of rotatable bonds is 5. The van der Waals surface area contributed by atoms with Crippen molar-refractivity contribution in [3.8, 4) is 0 Å². The Morgan fingerprint density at radius 2 is 1.83 bits per heavy atom. The number of hydrogen-bond donors (Lipinski definition) is 3. The van der Waals surface area contributed by atoms with Crippen molar-refractivity contribution in [2.45, 2.75) is 33.6 Å². The van der Waals surface area contributed by atoms with Gasteiger partial charge in [-0.2, -0.15) is 0 Å². The first-order valence-corrected chi connectivity index (χ1v) is 6.38. The summed E-state index contributed by atoms with van der Waals surface area (Å²) in [5.74, 6) is -1.83. The molecule has 0 heterocycles. The van der Waals surface area contributed by atoms with Gasteiger partial charge < -0.3 is 15.5 Å². The second-order valence-corrected chi connectivity index (χ2v) is 6.17. The smallest absolute Gasteiger partial charge is 0.307 e. The summed E-state index contributed by atoms with van der Waals surface area (Å²) in [6, 6.07) is 0. The van der Waals surface area contributed by atoms with Crippen LogP contribution in [0.1, 0.15) is 33.6 Å². The van der Waals surface area contributed by atoms with Crippen LogP contribution >= 0.6 is 0 Å². The lowest BCUT2D eigenvalue weighted by Crippen LogP contribution is -2.41. The minimum absolute atomic E-state index is 0.0172. The summed E-state index contributed by atoms with van der Waals surface area (Å²) >= 11 is 0. The zero-order valence-corrected chi connectivity index (χ0v) is 11.3. The Morgan fingerprint density at radius 1 is 1.28 bits per heavy atom. The maximum absolute atomic E-state index is 12.0. The summed E-state index contributed by atoms with van der Waals surface area (Å²) in [5, 5.41) is 21.0. The predicted molar refractivity (Wildman–Crippen MR) is 66.9 cm³/mol. The lowest BCUT2D eigenvalue weighted by molar-refractivity contribution is -0.146. The largest absolute Gasteiger partial charge is 0.481 e. The molecule has 0 spiro atoms. The molecule has 104 valence electrons. The monoisotopic (exact) mass is 257 g/mol. The Labute approximate surface area is 108 Å². The van der Waals surface area contributed by atoms with Crippen LogP contribution in [-0.2, 0) is 9.59 Å². The van der Waals surface area contributed by atoms with Crippen LogP contribution in [0, 0.1) is 23.2 Å². The molecule has 1 fully saturated rings. The van der Waals surface area contributed by atoms with Crippen molar-refractivity contribution in [2.24, 2.45) is 23.2 Å². The molecule has 3 unspecified atom stereocenters. The number of carboxylic acid groups (broad SMARTS) is 1. The van der Waals surface area contributed by atoms with E-state index in [0.29, 0.717) is 19.4 Å². The number of aliphatic hydroxyl groups is 1. The van der Waals surface area contributed by atoms with Gasteiger partial charge in [0.15, 0.2) is 0 Å². The van der Waals surface area contributed by atoms with Gasteiger partial charge in [0.25, 0.3) is 0 Å². The quantitative estimate of drug-likeness (QED) is 0.682. The van der Waals surface area contributed by atoms with Crippen LogP contribution in [-0.4, -0.2) is 35.2 Å². The van der Waals surface area contributed by atoms with Gasteiger partial charge in [-0.25, -0.2) is 0 Å². The molecule has 1 saturated carbocycles. The fourth-order valence-corrected chi connectivity index (χ4v) is 2.37. The highest BCUT2D eigenvalue weighted by Crippen LogP contribution is 2.36. The molecule has 0 aliphatic heterocycles. The van der Waals surface area contributed by atoms with Crippen LogP contribution in [0.4, 0.5) is 0 Å². The van der Waals surface area contributed by atoms with Crippen molar-refractivity contribution in [3.63, 3.8) is 0 Å². The predicted octanol–water partition coefficient (Wildman–Crippen LogP) is 0.868. The second-order valence-electron chi connectivity index (χ2n) is 6.17. The molecule has 3 N–H and O–H groups in total. The van der Waals surface area contributed by atoms with Crippen molar-refractivity contribution in [2.75, 3.05) is 13.2 Å². The van der Waals surface area contributed by atoms with E-state index >= 15 is 0 Å². The third kappa shape index (κ3) is 3.70. The molecule has 0 aromatic rings. The number of carbonyl (C=O) groups is 2. The molecule has 3 atom stereocenters. The van der Waals surface area contributed by atoms with Crippen LogP contribution in [0.2, 0.25) is 0 Å². The highest BCUT2D eigenvalue weighted by atomic mass is 16.4. The molecule has 0 radical (unpaired) electrons. The van der Waals surface area contributed by atoms with Gasteiger partial charge in [-0.1, -0.05) is 20.8 Å². The Hall–Kier alpha value is -1.10. The molecular weight excluding hydrogens is 234 g/mol. The molecule has 1 amide bonds. The van der Waals surface area contributed by atoms with E-state index in [2.05, 4.69) is 5.32 Å². The van der Waals surface area contributed by atoms with Crippen LogP contribution in [0.5, 0.6) is 0 Å². The summed E-state index contributed by atoms with van der Waals surface area (Å²) in [6.45, 7) is 6.01. The van der Waals surface area contributed by atoms with E-state index in [9.17, 15) is 9.59 Å². The standard InChI is InChI=1S/C13H23NO4/c1-8-4-9(10(5-8)12(17)18)11(16)14-6-13(2,3)7-15/h8-10,15H,4-7H2,1-3H3,(H,14,16)(H,17,18). The van der Waals surface area contributed by atoms with Crippen LogP contribution < -0.4 is 5.32 Å². The summed E-state index contributed by atoms with van der Waals surface area (Å²) in [4.78, 5) is 23.1. The van der Waals surface area contributed by atoms with Gasteiger partial charge in [-0.05, 0) is 18.8 Å². The zero-order valence-electron chi connectivity index (χ0n) is 11.3. The number of carbonyl (C=O) groups excluding carboxylic acids is 1. The van der Waals surface area contributed by atoms with Gasteiger partial charge in [-0.3, -0.25) is 9.59 Å². The van der Waals surface area contributed by atoms with E-state index in [4.69, 9.17) is 10.2 Å². The third-order valence-corrected chi connectivity index (χ3v) is 3.62. The Morgan fingerprint density at radius 3 is 2.33 bits per heavy atom. The number of aliphatic carboxylic acids is 1. The van der Waals surface area contributed by atoms with Crippen LogP contribution in [0.25, 0.3) is 0 Å². The van der Waals surface area contributed by atoms with E-state index in [-0.39, 0.29) is 23.8 Å². The Balaban J connectivity index is 2.58. The first-order valence-electron chi connectivity index (χ1n) is 6.38. The van der Waals surface area contributed by atoms with Gasteiger partial charge >= 0.3 is 5.97 Å². The highest BCUT2D eigenvalue weighted by Gasteiger charge is 2.41. The Bertz CT molecular complexity index is 327. The van der Waals surface area contributed by atoms with Crippen molar-refractivity contribution in [1.29, 1.82) is 0 Å². The first-order chi connectivity index (χ1) is 8.26. The summed E-state index contributed by atoms with van der Waals surface area (Å²) in [5.41, 5.74) is -0.376. The fraction of sp³-hybridized carbons (Fsp3) is 0.846. The average molecular weight is 257 g/mol. The normalized spacial score (nSPS) is 28.1. The number of carboxylic acids is 1. The first kappa shape index (κ1) is 15.0. The lowest BCUT2D eigenvalue weighted by atomic mass is 9.92. The van der Waals surface area contributed by atoms with E-state index in [1.54, 1.807) is 0 Å². The Kier molecular flexibility index (Phi) is 4.73. The lowest BCUT2D eigenvalue weighted by Gasteiger charge is -2.24. The topological polar surface area (TPSA) is 86.6 Å². The molecular formula is C13H23NO4. The molecule has 5 heteroatoms. The van der Waals surface area contributed by atoms with Gasteiger partial charge in [0.1, 0.15) is 0 Å². The molecule has 18 heavy (non-hydrogen) atoms. The third-order valence-electron chi connectivity index (χ3n) is 3.62. The van der Waals surface area contributed by atoms with E-state index in [0.717, 1.165) is 0 Å². The van der Waals surface area contributed by atoms with Gasteiger partial charge in [-0.15, -0.1) is 0 Å². The minimum atomic E-state index is -0.888. The van der Waals surface area contributed by atoms with Crippen molar-refractivity contribution in [3.05, 3.63) is 0 Å². The average Bonchev–Trinajstić information content (AvgIpc) is 2.68. The highest BCUT2D eigenvalue weighted by molar-refractivity contribution is 5.85. The number of nitrogens with one attached hydrogen (secondary N) is 1. The molecule has 0 bridgehead atoms. The van der Waals surface area contributed by atoms with Crippen LogP contribution in [0.15, 0.2) is 0 Å². The van der Waals surface area contributed by atoms with Crippen molar-refractivity contribution >= 4 is 11.9 Å². The summed E-state index contributed by atoms with van der Waals surface area (Å²) < 4.78 is 0. The second kappa shape index (κ2) is 5.69. The van der Waals surface area contributed by atoms with Crippen LogP contribution in [0.3, 0.4) is 0 Å². The molecule has 5 nitrogen and oxygen atoms in total. The molecule has 0 aromatic heterocycles. The number of hydrogen-bond acceptors (Lipinski definition) is 3. The van der Waals surface area contributed by atoms with Gasteiger partial charge in [0, 0.05) is 18.6 Å². The maximum Gasteiger partial charge on any atom is 0.307 e. The molecule has 1 aliphatic carbocycles. The summed E-state index contributed by atoms with van der Waals surface area (Å²) in [7, 11) is 0. The van der Waals surface area contributed by atoms with Gasteiger partial charge in [0.2, 0.25) is 5.91 Å². The molecule has 1 rings (SSSR count). The minimum Gasteiger partial charge on any atom is -0.481 e. The molecule has 0 saturated heterocycles. The van der Waals surface area contributed by atoms with Crippen molar-refractivity contribution < 1.29 is 19.8 Å². The molecule has 1 aliphatic rings. The van der Waals surface area contributed by atoms with E-state index in [1.165, 1.54) is 0 Å². The maximum atomic E-state index is 12.0. The van der Waals surface area contributed by atoms with Gasteiger partial charge in [0.05, 0.1) is 11.8 Å². The molecule has 0 aromatic carbocycles. The number of amides is 1. The summed E-state index contributed by atoms with van der Waals surface area (Å²) in [6.07, 6.45) is 1.19. The zero-order chi connectivity index (χ0) is 13.9. The number of aliphatic hydroxyl groups excluding tert-OH is 1. The fourth-order valence-electron chi connectivity index (χ4n) is 2.37. The van der Waals surface area contributed by atoms with E-state index in [1.807, 2.05) is 20.8 Å². The SMILES string of the molecule is CC1CC(C(=O)O)C(C(=O)NCC(C)(C)CO)C1. The van der Waals surface area contributed by atoms with Crippen molar-refractivity contribution in [1.82, 2.24) is 5.32 Å². The van der Waals surface area contributed by atoms with E-state index < -0.39 is 17.8 Å².